The van der Waals surface area contributed by atoms with E-state index in [0.717, 1.165) is 21.9 Å². The maximum absolute atomic E-state index is 12.5. The summed E-state index contributed by atoms with van der Waals surface area (Å²) in [4.78, 5) is 12.5. The highest BCUT2D eigenvalue weighted by atomic mass is 35.5. The third kappa shape index (κ3) is 5.25. The first-order chi connectivity index (χ1) is 18.4. The van der Waals surface area contributed by atoms with E-state index in [2.05, 4.69) is 0 Å². The summed E-state index contributed by atoms with van der Waals surface area (Å²) in [6.07, 6.45) is 0. The highest BCUT2D eigenvalue weighted by Crippen LogP contribution is 2.44. The third-order valence-electron chi connectivity index (χ3n) is 6.05. The van der Waals surface area contributed by atoms with Crippen molar-refractivity contribution in [1.82, 2.24) is 0 Å². The molecule has 0 amide bonds. The normalized spacial score (nSPS) is 10.8. The minimum absolute atomic E-state index is 0.171. The Morgan fingerprint density at radius 2 is 1.53 bits per heavy atom. The van der Waals surface area contributed by atoms with E-state index in [1.165, 1.54) is 7.11 Å². The SMILES string of the molecule is COC(=O)c1cc(Oc2ccccc2Cl)c(-c2cc(OCc3ccccc3)cc3cccc(Cl)c23)cc1N. The van der Waals surface area contributed by atoms with Crippen molar-refractivity contribution in [3.63, 3.8) is 0 Å². The number of anilines is 1. The van der Waals surface area contributed by atoms with Gasteiger partial charge < -0.3 is 19.9 Å². The molecule has 0 aliphatic heterocycles. The molecule has 2 N–H and O–H groups in total. The second-order valence-corrected chi connectivity index (χ2v) is 9.36. The molecule has 0 unspecified atom stereocenters. The van der Waals surface area contributed by atoms with E-state index in [1.54, 1.807) is 30.3 Å². The average molecular weight is 544 g/mol. The zero-order valence-electron chi connectivity index (χ0n) is 20.4. The number of methoxy groups -OCH3 is 1. The van der Waals surface area contributed by atoms with Gasteiger partial charge in [-0.15, -0.1) is 0 Å². The molecule has 0 fully saturated rings. The monoisotopic (exact) mass is 543 g/mol. The van der Waals surface area contributed by atoms with E-state index in [1.807, 2.05) is 66.7 Å². The van der Waals surface area contributed by atoms with Crippen LogP contribution in [0.3, 0.4) is 0 Å². The molecule has 0 radical (unpaired) electrons. The second kappa shape index (κ2) is 11.1. The average Bonchev–Trinajstić information content (AvgIpc) is 2.93. The van der Waals surface area contributed by atoms with Crippen LogP contribution in [0.5, 0.6) is 17.2 Å². The number of benzene rings is 5. The van der Waals surface area contributed by atoms with Gasteiger partial charge in [-0.25, -0.2) is 4.79 Å². The molecular formula is C31H23Cl2NO4. The van der Waals surface area contributed by atoms with Gasteiger partial charge in [-0.3, -0.25) is 0 Å². The van der Waals surface area contributed by atoms with E-state index in [0.29, 0.717) is 39.5 Å². The molecule has 0 atom stereocenters. The lowest BCUT2D eigenvalue weighted by Gasteiger charge is -2.18. The van der Waals surface area contributed by atoms with E-state index in [9.17, 15) is 4.79 Å². The van der Waals surface area contributed by atoms with E-state index < -0.39 is 5.97 Å². The molecule has 0 heterocycles. The van der Waals surface area contributed by atoms with E-state index in [-0.39, 0.29) is 11.3 Å². The first kappa shape index (κ1) is 25.5. The highest BCUT2D eigenvalue weighted by molar-refractivity contribution is 6.37. The number of hydrogen-bond donors (Lipinski definition) is 1. The molecular weight excluding hydrogens is 521 g/mol. The number of nitrogens with two attached hydrogens (primary N) is 1. The molecule has 5 aromatic rings. The molecule has 5 rings (SSSR count). The Bertz CT molecular complexity index is 1640. The van der Waals surface area contributed by atoms with Gasteiger partial charge in [-0.1, -0.05) is 77.8 Å². The molecule has 5 nitrogen and oxygen atoms in total. The molecule has 0 aliphatic carbocycles. The van der Waals surface area contributed by atoms with Crippen molar-refractivity contribution in [2.75, 3.05) is 12.8 Å². The van der Waals surface area contributed by atoms with Crippen molar-refractivity contribution in [2.45, 2.75) is 6.61 Å². The van der Waals surface area contributed by atoms with Crippen molar-refractivity contribution in [3.05, 3.63) is 118 Å². The van der Waals surface area contributed by atoms with Gasteiger partial charge in [-0.05, 0) is 59.0 Å². The summed E-state index contributed by atoms with van der Waals surface area (Å²) in [5.41, 5.74) is 9.11. The number of ether oxygens (including phenoxy) is 3. The molecule has 5 aromatic carbocycles. The fourth-order valence-electron chi connectivity index (χ4n) is 4.22. The summed E-state index contributed by atoms with van der Waals surface area (Å²) < 4.78 is 17.4. The lowest BCUT2D eigenvalue weighted by atomic mass is 9.95. The minimum atomic E-state index is -0.583. The summed E-state index contributed by atoms with van der Waals surface area (Å²) >= 11 is 13.1. The number of esters is 1. The van der Waals surface area contributed by atoms with Crippen LogP contribution in [0.25, 0.3) is 21.9 Å². The first-order valence-corrected chi connectivity index (χ1v) is 12.5. The lowest BCUT2D eigenvalue weighted by Crippen LogP contribution is -2.07. The van der Waals surface area contributed by atoms with Crippen LogP contribution in [0.15, 0.2) is 97.1 Å². The Balaban J connectivity index is 1.70. The van der Waals surface area contributed by atoms with Crippen molar-refractivity contribution in [3.8, 4) is 28.4 Å². The Hall–Kier alpha value is -4.19. The van der Waals surface area contributed by atoms with Gasteiger partial charge in [0, 0.05) is 21.7 Å². The number of halogens is 2. The number of carbonyl (C=O) groups is 1. The number of nitrogen functional groups attached to an aromatic ring is 1. The van der Waals surface area contributed by atoms with Gasteiger partial charge in [0.1, 0.15) is 23.9 Å². The standard InChI is InChI=1S/C31H23Cl2NO4/c1-36-31(35)24-17-29(38-28-13-6-5-11-25(28)32)22(16-27(24)34)23-15-21(37-18-19-8-3-2-4-9-19)14-20-10-7-12-26(33)30(20)23/h2-17H,18,34H2,1H3. The number of para-hydroxylation sites is 1. The smallest absolute Gasteiger partial charge is 0.340 e. The van der Waals surface area contributed by atoms with Crippen LogP contribution in [-0.2, 0) is 11.3 Å². The molecule has 7 heteroatoms. The molecule has 0 aromatic heterocycles. The third-order valence-corrected chi connectivity index (χ3v) is 6.68. The Labute approximate surface area is 230 Å². The number of hydrogen-bond acceptors (Lipinski definition) is 5. The van der Waals surface area contributed by atoms with Crippen molar-refractivity contribution in [1.29, 1.82) is 0 Å². The summed E-state index contributed by atoms with van der Waals surface area (Å²) in [5, 5.41) is 2.62. The summed E-state index contributed by atoms with van der Waals surface area (Å²) in [5.74, 6) is 0.829. The predicted molar refractivity (Wildman–Crippen MR) is 152 cm³/mol. The predicted octanol–water partition coefficient (Wildman–Crippen LogP) is 8.55. The lowest BCUT2D eigenvalue weighted by molar-refractivity contribution is 0.0601. The quantitative estimate of drug-likeness (QED) is 0.164. The second-order valence-electron chi connectivity index (χ2n) is 8.54. The fourth-order valence-corrected chi connectivity index (χ4v) is 4.67. The molecule has 38 heavy (non-hydrogen) atoms. The molecule has 0 saturated carbocycles. The molecule has 0 saturated heterocycles. The summed E-state index contributed by atoms with van der Waals surface area (Å²) in [7, 11) is 1.30. The maximum atomic E-state index is 12.5. The van der Waals surface area contributed by atoms with Crippen molar-refractivity contribution >= 4 is 45.6 Å². The van der Waals surface area contributed by atoms with Gasteiger partial charge in [0.25, 0.3) is 0 Å². The van der Waals surface area contributed by atoms with Gasteiger partial charge in [0.05, 0.1) is 17.7 Å². The largest absolute Gasteiger partial charge is 0.489 e. The van der Waals surface area contributed by atoms with Gasteiger partial charge in [0.15, 0.2) is 0 Å². The van der Waals surface area contributed by atoms with Gasteiger partial charge in [0.2, 0.25) is 0 Å². The van der Waals surface area contributed by atoms with E-state index >= 15 is 0 Å². The van der Waals surface area contributed by atoms with Crippen LogP contribution in [0.1, 0.15) is 15.9 Å². The number of carbonyl (C=O) groups excluding carboxylic acids is 1. The molecule has 0 spiro atoms. The van der Waals surface area contributed by atoms with Crippen molar-refractivity contribution < 1.29 is 19.0 Å². The zero-order valence-corrected chi connectivity index (χ0v) is 21.9. The van der Waals surface area contributed by atoms with Crippen LogP contribution in [0.4, 0.5) is 5.69 Å². The zero-order chi connectivity index (χ0) is 26.6. The van der Waals surface area contributed by atoms with Crippen molar-refractivity contribution in [2.24, 2.45) is 0 Å². The van der Waals surface area contributed by atoms with Gasteiger partial charge >= 0.3 is 5.97 Å². The Morgan fingerprint density at radius 1 is 0.789 bits per heavy atom. The minimum Gasteiger partial charge on any atom is -0.489 e. The summed E-state index contributed by atoms with van der Waals surface area (Å²) in [6, 6.07) is 29.7. The topological polar surface area (TPSA) is 70.8 Å². The molecule has 190 valence electrons. The fraction of sp³-hybridized carbons (Fsp3) is 0.0645. The Kier molecular flexibility index (Phi) is 7.40. The summed E-state index contributed by atoms with van der Waals surface area (Å²) in [6.45, 7) is 0.388. The number of rotatable bonds is 7. The van der Waals surface area contributed by atoms with Crippen LogP contribution >= 0.6 is 23.2 Å². The van der Waals surface area contributed by atoms with Gasteiger partial charge in [-0.2, -0.15) is 0 Å². The molecule has 0 aliphatic rings. The van der Waals surface area contributed by atoms with Crippen LogP contribution in [0, 0.1) is 0 Å². The van der Waals surface area contributed by atoms with Crippen LogP contribution in [0.2, 0.25) is 10.0 Å². The maximum Gasteiger partial charge on any atom is 0.340 e. The van der Waals surface area contributed by atoms with E-state index in [4.69, 9.17) is 43.1 Å². The highest BCUT2D eigenvalue weighted by Gasteiger charge is 2.21. The number of fused-ring (bicyclic) bond motifs is 1. The van der Waals surface area contributed by atoms with Crippen LogP contribution in [-0.4, -0.2) is 13.1 Å². The first-order valence-electron chi connectivity index (χ1n) is 11.8. The van der Waals surface area contributed by atoms with Crippen LogP contribution < -0.4 is 15.2 Å². The molecule has 0 bridgehead atoms. The Morgan fingerprint density at radius 3 is 2.29 bits per heavy atom.